The SMILES string of the molecule is CC(=O)Nc1ccc(C)cc1.CNc1ccc(/C=C/c2ccc(NC(C)=O)cc2C)c(S(=O)(=O)O)c1. The molecule has 0 spiro atoms. The zero-order chi connectivity index (χ0) is 26.9. The number of carbonyl (C=O) groups excluding carboxylic acids is 2. The molecule has 0 fully saturated rings. The second-order valence-corrected chi connectivity index (χ2v) is 9.50. The van der Waals surface area contributed by atoms with Crippen molar-refractivity contribution in [2.45, 2.75) is 32.6 Å². The summed E-state index contributed by atoms with van der Waals surface area (Å²) in [6.45, 7) is 6.84. The number of aryl methyl sites for hydroxylation is 2. The van der Waals surface area contributed by atoms with E-state index in [-0.39, 0.29) is 16.7 Å². The molecule has 0 saturated carbocycles. The van der Waals surface area contributed by atoms with E-state index in [4.69, 9.17) is 0 Å². The van der Waals surface area contributed by atoms with Gasteiger partial charge in [0.1, 0.15) is 4.90 Å². The van der Waals surface area contributed by atoms with Crippen LogP contribution in [0.1, 0.15) is 36.1 Å². The summed E-state index contributed by atoms with van der Waals surface area (Å²) in [5, 5.41) is 8.24. The number of hydrogen-bond acceptors (Lipinski definition) is 5. The van der Waals surface area contributed by atoms with Crippen molar-refractivity contribution in [2.75, 3.05) is 23.0 Å². The first-order valence-corrected chi connectivity index (χ1v) is 12.5. The highest BCUT2D eigenvalue weighted by atomic mass is 32.2. The molecule has 0 saturated heterocycles. The Labute approximate surface area is 212 Å². The zero-order valence-corrected chi connectivity index (χ0v) is 21.7. The summed E-state index contributed by atoms with van der Waals surface area (Å²) in [5.74, 6) is -0.182. The fourth-order valence-corrected chi connectivity index (χ4v) is 3.92. The Hall–Kier alpha value is -3.95. The average molecular weight is 510 g/mol. The Morgan fingerprint density at radius 3 is 1.78 bits per heavy atom. The third-order valence-corrected chi connectivity index (χ3v) is 5.89. The smallest absolute Gasteiger partial charge is 0.295 e. The minimum Gasteiger partial charge on any atom is -0.388 e. The summed E-state index contributed by atoms with van der Waals surface area (Å²) in [5.41, 5.74) is 5.49. The largest absolute Gasteiger partial charge is 0.388 e. The zero-order valence-electron chi connectivity index (χ0n) is 20.9. The van der Waals surface area contributed by atoms with Crippen molar-refractivity contribution < 1.29 is 22.6 Å². The van der Waals surface area contributed by atoms with Crippen molar-refractivity contribution in [1.29, 1.82) is 0 Å². The Kier molecular flexibility index (Phi) is 9.95. The number of benzene rings is 3. The van der Waals surface area contributed by atoms with Crippen LogP contribution in [0.5, 0.6) is 0 Å². The normalized spacial score (nSPS) is 10.8. The van der Waals surface area contributed by atoms with Gasteiger partial charge < -0.3 is 16.0 Å². The van der Waals surface area contributed by atoms with Gasteiger partial charge in [-0.2, -0.15) is 8.42 Å². The van der Waals surface area contributed by atoms with Crippen molar-refractivity contribution in [3.05, 3.63) is 82.9 Å². The molecular weight excluding hydrogens is 478 g/mol. The van der Waals surface area contributed by atoms with Gasteiger partial charge in [0.05, 0.1) is 0 Å². The van der Waals surface area contributed by atoms with Gasteiger partial charge in [0.25, 0.3) is 10.1 Å². The molecule has 3 aromatic rings. The van der Waals surface area contributed by atoms with Crippen LogP contribution in [0.15, 0.2) is 65.6 Å². The Morgan fingerprint density at radius 2 is 1.25 bits per heavy atom. The number of carbonyl (C=O) groups is 2. The number of rotatable bonds is 6. The quantitative estimate of drug-likeness (QED) is 0.262. The van der Waals surface area contributed by atoms with Crippen LogP contribution < -0.4 is 16.0 Å². The molecule has 36 heavy (non-hydrogen) atoms. The lowest BCUT2D eigenvalue weighted by molar-refractivity contribution is -0.115. The van der Waals surface area contributed by atoms with Crippen LogP contribution in [0.4, 0.5) is 17.1 Å². The van der Waals surface area contributed by atoms with Crippen molar-refractivity contribution in [3.8, 4) is 0 Å². The Morgan fingerprint density at radius 1 is 0.750 bits per heavy atom. The monoisotopic (exact) mass is 509 g/mol. The van der Waals surface area contributed by atoms with Crippen LogP contribution in [0.25, 0.3) is 12.2 Å². The first-order valence-electron chi connectivity index (χ1n) is 11.1. The summed E-state index contributed by atoms with van der Waals surface area (Å²) in [6, 6.07) is 17.8. The molecule has 0 aliphatic carbocycles. The standard InChI is InChI=1S/C18H20N2O4S.C9H11NO/c1-12-10-17(20-13(2)21)9-6-14(12)4-5-15-7-8-16(19-3)11-18(15)25(22,23)24;1-7-3-5-9(6-4-7)10-8(2)11/h4-11,19H,1-3H3,(H,20,21)(H,22,23,24);3-6H,1-2H3,(H,10,11)/b5-4+;. The maximum Gasteiger partial charge on any atom is 0.295 e. The molecule has 4 N–H and O–H groups in total. The first-order chi connectivity index (χ1) is 16.9. The van der Waals surface area contributed by atoms with Gasteiger partial charge in [0, 0.05) is 38.0 Å². The van der Waals surface area contributed by atoms with Crippen LogP contribution in [0.3, 0.4) is 0 Å². The number of hydrogen-bond donors (Lipinski definition) is 4. The number of nitrogens with one attached hydrogen (secondary N) is 3. The maximum absolute atomic E-state index is 11.6. The molecule has 0 unspecified atom stereocenters. The molecule has 2 amide bonds. The highest BCUT2D eigenvalue weighted by Gasteiger charge is 2.14. The summed E-state index contributed by atoms with van der Waals surface area (Å²) in [6.07, 6.45) is 3.39. The molecule has 9 heteroatoms. The van der Waals surface area contributed by atoms with Gasteiger partial charge in [-0.15, -0.1) is 0 Å². The molecular formula is C27H31N3O5S. The van der Waals surface area contributed by atoms with E-state index in [9.17, 15) is 22.6 Å². The topological polar surface area (TPSA) is 125 Å². The maximum atomic E-state index is 11.6. The molecule has 0 bridgehead atoms. The van der Waals surface area contributed by atoms with Crippen LogP contribution >= 0.6 is 0 Å². The molecule has 190 valence electrons. The first kappa shape index (κ1) is 28.3. The molecule has 0 radical (unpaired) electrons. The van der Waals surface area contributed by atoms with Gasteiger partial charge in [0.2, 0.25) is 11.8 Å². The summed E-state index contributed by atoms with van der Waals surface area (Å²) in [4.78, 5) is 21.5. The second kappa shape index (κ2) is 12.7. The van der Waals surface area contributed by atoms with Crippen LogP contribution in [-0.2, 0) is 19.7 Å². The molecule has 0 aliphatic heterocycles. The predicted octanol–water partition coefficient (Wildman–Crippen LogP) is 5.37. The van der Waals surface area contributed by atoms with Crippen molar-refractivity contribution in [2.24, 2.45) is 0 Å². The molecule has 3 rings (SSSR count). The minimum atomic E-state index is -4.34. The minimum absolute atomic E-state index is 0.0335. The van der Waals surface area contributed by atoms with E-state index in [0.29, 0.717) is 16.9 Å². The van der Waals surface area contributed by atoms with Crippen molar-refractivity contribution >= 4 is 51.1 Å². The average Bonchev–Trinajstić information content (AvgIpc) is 2.79. The summed E-state index contributed by atoms with van der Waals surface area (Å²) in [7, 11) is -2.67. The van der Waals surface area contributed by atoms with E-state index in [1.165, 1.54) is 25.5 Å². The fourth-order valence-electron chi connectivity index (χ4n) is 3.21. The van der Waals surface area contributed by atoms with Gasteiger partial charge in [0.15, 0.2) is 0 Å². The molecule has 0 aliphatic rings. The molecule has 8 nitrogen and oxygen atoms in total. The molecule has 3 aromatic carbocycles. The van der Waals surface area contributed by atoms with Crippen LogP contribution in [0.2, 0.25) is 0 Å². The third kappa shape index (κ3) is 9.01. The van der Waals surface area contributed by atoms with E-state index >= 15 is 0 Å². The molecule has 0 heterocycles. The summed E-state index contributed by atoms with van der Waals surface area (Å²) < 4.78 is 32.6. The highest BCUT2D eigenvalue weighted by molar-refractivity contribution is 7.86. The third-order valence-electron chi connectivity index (χ3n) is 4.98. The van der Waals surface area contributed by atoms with E-state index in [1.807, 2.05) is 50.2 Å². The van der Waals surface area contributed by atoms with Gasteiger partial charge in [-0.25, -0.2) is 0 Å². The van der Waals surface area contributed by atoms with Gasteiger partial charge in [-0.3, -0.25) is 14.1 Å². The molecule has 0 aromatic heterocycles. The van der Waals surface area contributed by atoms with Gasteiger partial charge in [-0.1, -0.05) is 42.0 Å². The Balaban J connectivity index is 0.000000346. The second-order valence-electron chi connectivity index (χ2n) is 8.11. The van der Waals surface area contributed by atoms with E-state index in [2.05, 4.69) is 16.0 Å². The lowest BCUT2D eigenvalue weighted by atomic mass is 10.1. The van der Waals surface area contributed by atoms with Crippen LogP contribution in [0, 0.1) is 13.8 Å². The van der Waals surface area contributed by atoms with Crippen molar-refractivity contribution in [1.82, 2.24) is 0 Å². The fraction of sp³-hybridized carbons (Fsp3) is 0.185. The van der Waals surface area contributed by atoms with E-state index in [1.54, 1.807) is 37.4 Å². The molecule has 0 atom stereocenters. The lowest BCUT2D eigenvalue weighted by Crippen LogP contribution is -2.05. The lowest BCUT2D eigenvalue weighted by Gasteiger charge is -2.08. The van der Waals surface area contributed by atoms with E-state index in [0.717, 1.165) is 16.8 Å². The van der Waals surface area contributed by atoms with Gasteiger partial charge in [-0.05, 0) is 66.9 Å². The van der Waals surface area contributed by atoms with Crippen molar-refractivity contribution in [3.63, 3.8) is 0 Å². The Bertz CT molecular complexity index is 1360. The summed E-state index contributed by atoms with van der Waals surface area (Å²) >= 11 is 0. The van der Waals surface area contributed by atoms with E-state index < -0.39 is 10.1 Å². The number of amides is 2. The van der Waals surface area contributed by atoms with Crippen LogP contribution in [-0.4, -0.2) is 31.8 Å². The number of anilines is 3. The highest BCUT2D eigenvalue weighted by Crippen LogP contribution is 2.24. The predicted molar refractivity (Wildman–Crippen MR) is 146 cm³/mol. The van der Waals surface area contributed by atoms with Gasteiger partial charge >= 0.3 is 0 Å².